The number of rotatable bonds is 2. The first-order valence-electron chi connectivity index (χ1n) is 4.30. The monoisotopic (exact) mass is 193 g/mol. The Morgan fingerprint density at radius 3 is 3.07 bits per heavy atom. The number of benzene rings is 1. The van der Waals surface area contributed by atoms with Gasteiger partial charge < -0.3 is 9.84 Å². The van der Waals surface area contributed by atoms with E-state index in [1.165, 1.54) is 5.01 Å². The van der Waals surface area contributed by atoms with Crippen LogP contribution in [0.2, 0.25) is 0 Å². The molecule has 0 radical (unpaired) electrons. The van der Waals surface area contributed by atoms with Gasteiger partial charge in [0.2, 0.25) is 0 Å². The Morgan fingerprint density at radius 1 is 1.57 bits per heavy atom. The van der Waals surface area contributed by atoms with Crippen molar-refractivity contribution in [2.75, 3.05) is 18.7 Å². The Hall–Kier alpha value is -1.62. The highest BCUT2D eigenvalue weighted by Gasteiger charge is 2.20. The second kappa shape index (κ2) is 3.63. The molecule has 1 heterocycles. The second-order valence-electron chi connectivity index (χ2n) is 2.94. The van der Waals surface area contributed by atoms with Crippen molar-refractivity contribution in [3.8, 4) is 5.75 Å². The summed E-state index contributed by atoms with van der Waals surface area (Å²) in [7, 11) is 1.60. The Morgan fingerprint density at radius 2 is 2.43 bits per heavy atom. The standard InChI is InChI=1S/C9H11N3O2/c1-14-8-4-2-3-7(5-8)12-9(13)6-10-11-12/h2-5,9,13H,6H2,1H3. The Balaban J connectivity index is 2.27. The van der Waals surface area contributed by atoms with Crippen molar-refractivity contribution < 1.29 is 9.84 Å². The first kappa shape index (κ1) is 8.96. The van der Waals surface area contributed by atoms with Crippen LogP contribution in [0.5, 0.6) is 5.75 Å². The number of aliphatic hydroxyl groups is 1. The van der Waals surface area contributed by atoms with E-state index >= 15 is 0 Å². The first-order valence-corrected chi connectivity index (χ1v) is 4.30. The summed E-state index contributed by atoms with van der Waals surface area (Å²) >= 11 is 0. The third kappa shape index (κ3) is 1.54. The molecule has 0 spiro atoms. The van der Waals surface area contributed by atoms with Gasteiger partial charge in [0.15, 0.2) is 6.23 Å². The van der Waals surface area contributed by atoms with Gasteiger partial charge in [-0.25, -0.2) is 5.01 Å². The number of hydrogen-bond donors (Lipinski definition) is 1. The molecular weight excluding hydrogens is 182 g/mol. The van der Waals surface area contributed by atoms with Gasteiger partial charge in [-0.15, -0.1) is 0 Å². The van der Waals surface area contributed by atoms with Gasteiger partial charge >= 0.3 is 0 Å². The summed E-state index contributed by atoms with van der Waals surface area (Å²) in [4.78, 5) is 0. The summed E-state index contributed by atoms with van der Waals surface area (Å²) in [6.45, 7) is 0.317. The third-order valence-corrected chi connectivity index (χ3v) is 2.00. The van der Waals surface area contributed by atoms with Crippen LogP contribution in [-0.2, 0) is 0 Å². The quantitative estimate of drug-likeness (QED) is 0.767. The van der Waals surface area contributed by atoms with Crippen LogP contribution < -0.4 is 9.75 Å². The lowest BCUT2D eigenvalue weighted by Gasteiger charge is -2.17. The highest BCUT2D eigenvalue weighted by molar-refractivity contribution is 5.50. The molecule has 1 aromatic carbocycles. The maximum absolute atomic E-state index is 9.50. The predicted octanol–water partition coefficient (Wildman–Crippen LogP) is 1.20. The number of aliphatic hydroxyl groups excluding tert-OH is 1. The summed E-state index contributed by atoms with van der Waals surface area (Å²) in [6.07, 6.45) is -0.665. The molecule has 0 aliphatic carbocycles. The van der Waals surface area contributed by atoms with E-state index in [-0.39, 0.29) is 0 Å². The molecule has 5 heteroatoms. The predicted molar refractivity (Wildman–Crippen MR) is 51.2 cm³/mol. The zero-order valence-electron chi connectivity index (χ0n) is 7.79. The van der Waals surface area contributed by atoms with Crippen molar-refractivity contribution in [2.24, 2.45) is 10.3 Å². The maximum atomic E-state index is 9.50. The zero-order valence-corrected chi connectivity index (χ0v) is 7.79. The van der Waals surface area contributed by atoms with E-state index < -0.39 is 6.23 Å². The molecule has 1 aliphatic heterocycles. The molecular formula is C9H11N3O2. The van der Waals surface area contributed by atoms with E-state index in [4.69, 9.17) is 4.74 Å². The lowest BCUT2D eigenvalue weighted by Crippen LogP contribution is -2.27. The van der Waals surface area contributed by atoms with E-state index in [0.29, 0.717) is 6.54 Å². The number of ether oxygens (including phenoxy) is 1. The average Bonchev–Trinajstić information content (AvgIpc) is 2.65. The summed E-state index contributed by atoms with van der Waals surface area (Å²) in [6, 6.07) is 7.32. The Bertz CT molecular complexity index is 354. The van der Waals surface area contributed by atoms with E-state index in [0.717, 1.165) is 11.4 Å². The van der Waals surface area contributed by atoms with E-state index in [1.807, 2.05) is 18.2 Å². The molecule has 0 saturated carbocycles. The molecule has 1 N–H and O–H groups in total. The molecule has 1 unspecified atom stereocenters. The molecule has 1 aliphatic rings. The van der Waals surface area contributed by atoms with Crippen LogP contribution in [0.15, 0.2) is 34.6 Å². The number of anilines is 1. The van der Waals surface area contributed by atoms with Crippen molar-refractivity contribution in [2.45, 2.75) is 6.23 Å². The van der Waals surface area contributed by atoms with Crippen LogP contribution in [0.25, 0.3) is 0 Å². The van der Waals surface area contributed by atoms with Crippen LogP contribution in [0, 0.1) is 0 Å². The summed E-state index contributed by atoms with van der Waals surface area (Å²) in [5, 5.41) is 18.5. The Kier molecular flexibility index (Phi) is 2.32. The Labute approximate surface area is 81.6 Å². The van der Waals surface area contributed by atoms with Crippen molar-refractivity contribution in [3.05, 3.63) is 24.3 Å². The fourth-order valence-corrected chi connectivity index (χ4v) is 1.29. The van der Waals surface area contributed by atoms with Crippen molar-refractivity contribution in [1.29, 1.82) is 0 Å². The normalized spacial score (nSPS) is 20.1. The van der Waals surface area contributed by atoms with Crippen LogP contribution in [-0.4, -0.2) is 25.0 Å². The van der Waals surface area contributed by atoms with Gasteiger partial charge in [-0.05, 0) is 12.1 Å². The summed E-state index contributed by atoms with van der Waals surface area (Å²) in [5.41, 5.74) is 0.776. The van der Waals surface area contributed by atoms with E-state index in [1.54, 1.807) is 13.2 Å². The van der Waals surface area contributed by atoms with Gasteiger partial charge in [0.25, 0.3) is 0 Å². The van der Waals surface area contributed by atoms with Gasteiger partial charge in [-0.1, -0.05) is 11.3 Å². The highest BCUT2D eigenvalue weighted by atomic mass is 16.5. The molecule has 2 rings (SSSR count). The third-order valence-electron chi connectivity index (χ3n) is 2.00. The lowest BCUT2D eigenvalue weighted by molar-refractivity contribution is 0.194. The number of nitrogens with zero attached hydrogens (tertiary/aromatic N) is 3. The SMILES string of the molecule is COc1cccc(N2N=NCC2O)c1. The van der Waals surface area contributed by atoms with Crippen molar-refractivity contribution >= 4 is 5.69 Å². The van der Waals surface area contributed by atoms with Crippen LogP contribution in [0.1, 0.15) is 0 Å². The van der Waals surface area contributed by atoms with Gasteiger partial charge in [-0.2, -0.15) is 5.11 Å². The topological polar surface area (TPSA) is 57.4 Å². The van der Waals surface area contributed by atoms with Gasteiger partial charge in [0, 0.05) is 6.07 Å². The molecule has 0 saturated heterocycles. The fourth-order valence-electron chi connectivity index (χ4n) is 1.29. The summed E-state index contributed by atoms with van der Waals surface area (Å²) in [5.74, 6) is 0.733. The average molecular weight is 193 g/mol. The lowest BCUT2D eigenvalue weighted by atomic mass is 10.3. The van der Waals surface area contributed by atoms with Gasteiger partial charge in [-0.3, -0.25) is 0 Å². The van der Waals surface area contributed by atoms with Gasteiger partial charge in [0.05, 0.1) is 12.8 Å². The zero-order chi connectivity index (χ0) is 9.97. The van der Waals surface area contributed by atoms with Crippen molar-refractivity contribution in [3.63, 3.8) is 0 Å². The number of hydrogen-bond acceptors (Lipinski definition) is 5. The molecule has 14 heavy (non-hydrogen) atoms. The van der Waals surface area contributed by atoms with E-state index in [2.05, 4.69) is 10.3 Å². The van der Waals surface area contributed by atoms with Crippen molar-refractivity contribution in [1.82, 2.24) is 0 Å². The first-order chi connectivity index (χ1) is 6.81. The molecule has 1 aromatic rings. The molecule has 1 atom stereocenters. The molecule has 0 fully saturated rings. The minimum absolute atomic E-state index is 0.317. The number of methoxy groups -OCH3 is 1. The maximum Gasteiger partial charge on any atom is 0.170 e. The largest absolute Gasteiger partial charge is 0.497 e. The molecule has 0 bridgehead atoms. The minimum Gasteiger partial charge on any atom is -0.497 e. The second-order valence-corrected chi connectivity index (χ2v) is 2.94. The van der Waals surface area contributed by atoms with Crippen LogP contribution >= 0.6 is 0 Å². The van der Waals surface area contributed by atoms with Crippen LogP contribution in [0.4, 0.5) is 5.69 Å². The summed E-state index contributed by atoms with van der Waals surface area (Å²) < 4.78 is 5.07. The highest BCUT2D eigenvalue weighted by Crippen LogP contribution is 2.24. The van der Waals surface area contributed by atoms with E-state index in [9.17, 15) is 5.11 Å². The smallest absolute Gasteiger partial charge is 0.170 e. The fraction of sp³-hybridized carbons (Fsp3) is 0.333. The molecule has 5 nitrogen and oxygen atoms in total. The molecule has 0 aromatic heterocycles. The van der Waals surface area contributed by atoms with Crippen LogP contribution in [0.3, 0.4) is 0 Å². The van der Waals surface area contributed by atoms with Gasteiger partial charge in [0.1, 0.15) is 12.3 Å². The molecule has 74 valence electrons. The molecule has 0 amide bonds. The minimum atomic E-state index is -0.665.